The van der Waals surface area contributed by atoms with Gasteiger partial charge in [0.05, 0.1) is 12.4 Å². The number of hydrazone groups is 2. The van der Waals surface area contributed by atoms with Crippen molar-refractivity contribution in [2.75, 3.05) is 7.05 Å². The summed E-state index contributed by atoms with van der Waals surface area (Å²) in [6.45, 7) is 5.95. The van der Waals surface area contributed by atoms with Crippen LogP contribution in [0, 0.1) is 0 Å². The van der Waals surface area contributed by atoms with Gasteiger partial charge in [0.15, 0.2) is 10.2 Å². The van der Waals surface area contributed by atoms with Crippen molar-refractivity contribution < 1.29 is 0 Å². The SMILES string of the molecule is CN(S)C(=S)N/N=C/C=N/NC(=S)N(S)C(C)(C)C. The number of nitrogens with one attached hydrogen (secondary N) is 2. The van der Waals surface area contributed by atoms with E-state index in [2.05, 4.69) is 46.7 Å². The minimum atomic E-state index is -0.193. The lowest BCUT2D eigenvalue weighted by Gasteiger charge is -2.31. The third-order valence-corrected chi connectivity index (χ3v) is 3.57. The van der Waals surface area contributed by atoms with Crippen LogP contribution in [0.5, 0.6) is 0 Å². The summed E-state index contributed by atoms with van der Waals surface area (Å²) in [4.78, 5) is 0. The first-order valence-electron chi connectivity index (χ1n) is 5.22. The van der Waals surface area contributed by atoms with E-state index in [1.165, 1.54) is 16.7 Å². The van der Waals surface area contributed by atoms with Gasteiger partial charge in [0.1, 0.15) is 0 Å². The third kappa shape index (κ3) is 8.24. The Kier molecular flexibility index (Phi) is 8.30. The van der Waals surface area contributed by atoms with Gasteiger partial charge in [-0.15, -0.1) is 0 Å². The van der Waals surface area contributed by atoms with Crippen molar-refractivity contribution in [3.05, 3.63) is 0 Å². The van der Waals surface area contributed by atoms with E-state index in [1.54, 1.807) is 11.4 Å². The van der Waals surface area contributed by atoms with Gasteiger partial charge in [-0.05, 0) is 45.2 Å². The quantitative estimate of drug-likeness (QED) is 0.270. The zero-order valence-corrected chi connectivity index (χ0v) is 14.6. The van der Waals surface area contributed by atoms with Gasteiger partial charge in [0.25, 0.3) is 0 Å². The van der Waals surface area contributed by atoms with Gasteiger partial charge in [-0.1, -0.05) is 25.6 Å². The van der Waals surface area contributed by atoms with E-state index in [1.807, 2.05) is 20.8 Å². The van der Waals surface area contributed by atoms with Gasteiger partial charge in [-0.25, -0.2) is 0 Å². The van der Waals surface area contributed by atoms with E-state index in [9.17, 15) is 0 Å². The van der Waals surface area contributed by atoms with Crippen LogP contribution in [0.1, 0.15) is 20.8 Å². The topological polar surface area (TPSA) is 55.3 Å². The fourth-order valence-corrected chi connectivity index (χ4v) is 1.14. The Balaban J connectivity index is 4.08. The first kappa shape index (κ1) is 18.4. The van der Waals surface area contributed by atoms with Crippen LogP contribution in [0.25, 0.3) is 0 Å². The average molecular weight is 339 g/mol. The molecule has 0 aromatic carbocycles. The fraction of sp³-hybridized carbons (Fsp3) is 0.556. The monoisotopic (exact) mass is 338 g/mol. The molecule has 6 nitrogen and oxygen atoms in total. The predicted octanol–water partition coefficient (Wildman–Crippen LogP) is 1.43. The normalized spacial score (nSPS) is 11.7. The molecule has 0 heterocycles. The smallest absolute Gasteiger partial charge is 0.200 e. The molecule has 0 atom stereocenters. The fourth-order valence-electron chi connectivity index (χ4n) is 0.676. The minimum Gasteiger partial charge on any atom is -0.297 e. The van der Waals surface area contributed by atoms with Gasteiger partial charge < -0.3 is 0 Å². The molecule has 0 saturated carbocycles. The molecular weight excluding hydrogens is 320 g/mol. The minimum absolute atomic E-state index is 0.193. The number of nitrogens with zero attached hydrogens (tertiary/aromatic N) is 4. The van der Waals surface area contributed by atoms with E-state index in [0.29, 0.717) is 10.2 Å². The predicted molar refractivity (Wildman–Crippen MR) is 95.8 cm³/mol. The lowest BCUT2D eigenvalue weighted by Crippen LogP contribution is -2.42. The lowest BCUT2D eigenvalue weighted by molar-refractivity contribution is 0.378. The second-order valence-electron chi connectivity index (χ2n) is 4.40. The number of thiol groups is 2. The van der Waals surface area contributed by atoms with Crippen LogP contribution in [-0.2, 0) is 0 Å². The molecule has 0 aliphatic carbocycles. The molecule has 0 radical (unpaired) electrons. The Morgan fingerprint density at radius 3 is 1.84 bits per heavy atom. The molecule has 0 aliphatic rings. The summed E-state index contributed by atoms with van der Waals surface area (Å²) in [5.74, 6) is 0. The highest BCUT2D eigenvalue weighted by molar-refractivity contribution is 7.84. The number of hydrogen-bond acceptors (Lipinski definition) is 6. The van der Waals surface area contributed by atoms with Crippen LogP contribution in [0.15, 0.2) is 10.2 Å². The Labute approximate surface area is 135 Å². The molecule has 10 heteroatoms. The van der Waals surface area contributed by atoms with Crippen molar-refractivity contribution in [3.63, 3.8) is 0 Å². The second-order valence-corrected chi connectivity index (χ2v) is 6.17. The van der Waals surface area contributed by atoms with Crippen LogP contribution in [0.4, 0.5) is 0 Å². The van der Waals surface area contributed by atoms with Crippen molar-refractivity contribution in [2.24, 2.45) is 10.2 Å². The van der Waals surface area contributed by atoms with E-state index in [4.69, 9.17) is 24.4 Å². The summed E-state index contributed by atoms with van der Waals surface area (Å²) < 4.78 is 3.04. The van der Waals surface area contributed by atoms with E-state index >= 15 is 0 Å². The molecule has 19 heavy (non-hydrogen) atoms. The van der Waals surface area contributed by atoms with Crippen molar-refractivity contribution in [1.82, 2.24) is 19.5 Å². The Morgan fingerprint density at radius 1 is 1.05 bits per heavy atom. The summed E-state index contributed by atoms with van der Waals surface area (Å²) in [5, 5.41) is 8.47. The molecule has 0 saturated heterocycles. The molecule has 0 unspecified atom stereocenters. The second kappa shape index (κ2) is 8.56. The molecule has 108 valence electrons. The first-order chi connectivity index (χ1) is 8.66. The van der Waals surface area contributed by atoms with Gasteiger partial charge >= 0.3 is 0 Å². The average Bonchev–Trinajstić information content (AvgIpc) is 2.30. The molecule has 0 bridgehead atoms. The molecule has 0 fully saturated rings. The maximum atomic E-state index is 5.11. The van der Waals surface area contributed by atoms with Crippen molar-refractivity contribution in [2.45, 2.75) is 26.3 Å². The molecule has 0 aliphatic heterocycles. The summed E-state index contributed by atoms with van der Waals surface area (Å²) in [7, 11) is 1.69. The van der Waals surface area contributed by atoms with Crippen molar-refractivity contribution >= 4 is 72.7 Å². The Morgan fingerprint density at radius 2 is 1.47 bits per heavy atom. The van der Waals surface area contributed by atoms with Crippen LogP contribution in [0.2, 0.25) is 0 Å². The van der Waals surface area contributed by atoms with Gasteiger partial charge in [0.2, 0.25) is 0 Å². The zero-order chi connectivity index (χ0) is 15.1. The van der Waals surface area contributed by atoms with Crippen LogP contribution in [0.3, 0.4) is 0 Å². The van der Waals surface area contributed by atoms with E-state index in [-0.39, 0.29) is 5.54 Å². The zero-order valence-electron chi connectivity index (χ0n) is 11.2. The lowest BCUT2D eigenvalue weighted by atomic mass is 10.1. The van der Waals surface area contributed by atoms with Crippen LogP contribution >= 0.6 is 50.1 Å². The van der Waals surface area contributed by atoms with E-state index in [0.717, 1.165) is 0 Å². The number of thiocarbonyl (C=S) groups is 2. The van der Waals surface area contributed by atoms with Crippen molar-refractivity contribution in [1.29, 1.82) is 0 Å². The van der Waals surface area contributed by atoms with Gasteiger partial charge in [-0.2, -0.15) is 10.2 Å². The van der Waals surface area contributed by atoms with Crippen molar-refractivity contribution in [3.8, 4) is 0 Å². The molecule has 0 rings (SSSR count). The maximum absolute atomic E-state index is 5.11. The highest BCUT2D eigenvalue weighted by Gasteiger charge is 2.20. The largest absolute Gasteiger partial charge is 0.297 e. The Hall–Kier alpha value is -0.580. The molecule has 0 aromatic heterocycles. The number of rotatable bonds is 3. The third-order valence-electron chi connectivity index (χ3n) is 1.66. The molecule has 0 spiro atoms. The maximum Gasteiger partial charge on any atom is 0.200 e. The van der Waals surface area contributed by atoms with E-state index < -0.39 is 0 Å². The van der Waals surface area contributed by atoms with Gasteiger partial charge in [0, 0.05) is 12.6 Å². The highest BCUT2D eigenvalue weighted by Crippen LogP contribution is 2.15. The summed E-state index contributed by atoms with van der Waals surface area (Å²) in [6, 6.07) is 0. The standard InChI is InChI=1S/C9H18N6S4/c1-9(2,3)15(19)8(17)13-11-6-5-10-12-7(16)14(4)18/h5-6,18-19H,1-4H3,(H,12,16)(H,13,17)/b10-5+,11-6+. The summed E-state index contributed by atoms with van der Waals surface area (Å²) in [6.07, 6.45) is 2.86. The highest BCUT2D eigenvalue weighted by atomic mass is 32.1. The van der Waals surface area contributed by atoms with Crippen LogP contribution < -0.4 is 10.9 Å². The molecule has 0 amide bonds. The van der Waals surface area contributed by atoms with Gasteiger partial charge in [-0.3, -0.25) is 19.5 Å². The number of hydrogen-bond donors (Lipinski definition) is 4. The van der Waals surface area contributed by atoms with Crippen LogP contribution in [-0.4, -0.2) is 43.9 Å². The Bertz CT molecular complexity index is 373. The first-order valence-corrected chi connectivity index (χ1v) is 6.84. The molecule has 0 aromatic rings. The summed E-state index contributed by atoms with van der Waals surface area (Å²) >= 11 is 18.3. The molecular formula is C9H18N6S4. The summed E-state index contributed by atoms with van der Waals surface area (Å²) in [5.41, 5.74) is 5.07. The molecule has 2 N–H and O–H groups in total.